The normalized spacial score (nSPS) is 11.3. The van der Waals surface area contributed by atoms with E-state index < -0.39 is 10.0 Å². The van der Waals surface area contributed by atoms with Gasteiger partial charge in [0.2, 0.25) is 0 Å². The number of hydrogen-bond acceptors (Lipinski definition) is 4. The minimum atomic E-state index is -3.74. The summed E-state index contributed by atoms with van der Waals surface area (Å²) in [6.07, 6.45) is 1.88. The fourth-order valence-electron chi connectivity index (χ4n) is 1.66. The van der Waals surface area contributed by atoms with Gasteiger partial charge in [0.15, 0.2) is 0 Å². The molecule has 0 radical (unpaired) electrons. The average Bonchev–Trinajstić information content (AvgIpc) is 2.38. The third-order valence-corrected chi connectivity index (χ3v) is 5.24. The van der Waals surface area contributed by atoms with Crippen LogP contribution in [0.1, 0.15) is 0 Å². The molecule has 0 aliphatic rings. The molecule has 0 fully saturated rings. The monoisotopic (exact) mass is 328 g/mol. The van der Waals surface area contributed by atoms with E-state index in [0.29, 0.717) is 11.4 Å². The molecule has 2 aromatic rings. The Balaban J connectivity index is 2.41. The van der Waals surface area contributed by atoms with E-state index in [4.69, 9.17) is 17.3 Å². The number of hydrogen-bond donors (Lipinski definition) is 2. The lowest BCUT2D eigenvalue weighted by Crippen LogP contribution is -2.14. The zero-order valence-electron chi connectivity index (χ0n) is 10.6. The molecule has 20 heavy (non-hydrogen) atoms. The number of benzene rings is 2. The molecule has 0 saturated heterocycles. The maximum Gasteiger partial charge on any atom is 0.263 e. The second kappa shape index (κ2) is 5.95. The fraction of sp³-hybridized carbons (Fsp3) is 0.0769. The lowest BCUT2D eigenvalue weighted by Gasteiger charge is -2.12. The molecule has 0 unspecified atom stereocenters. The predicted octanol–water partition coefficient (Wildman–Crippen LogP) is 3.44. The van der Waals surface area contributed by atoms with E-state index >= 15 is 0 Å². The molecule has 0 amide bonds. The van der Waals surface area contributed by atoms with Gasteiger partial charge in [0.1, 0.15) is 4.90 Å². The number of rotatable bonds is 4. The Labute approximate surface area is 127 Å². The molecule has 0 heterocycles. The molecule has 3 N–H and O–H groups in total. The summed E-state index contributed by atoms with van der Waals surface area (Å²) >= 11 is 7.41. The lowest BCUT2D eigenvalue weighted by molar-refractivity contribution is 0.601. The second-order valence-corrected chi connectivity index (χ2v) is 6.90. The minimum Gasteiger partial charge on any atom is -0.399 e. The van der Waals surface area contributed by atoms with E-state index in [-0.39, 0.29) is 9.92 Å². The van der Waals surface area contributed by atoms with Crippen LogP contribution in [0.5, 0.6) is 0 Å². The largest absolute Gasteiger partial charge is 0.399 e. The van der Waals surface area contributed by atoms with Crippen molar-refractivity contribution < 1.29 is 8.42 Å². The first-order valence-electron chi connectivity index (χ1n) is 5.65. The van der Waals surface area contributed by atoms with Gasteiger partial charge in [0.05, 0.1) is 10.7 Å². The van der Waals surface area contributed by atoms with E-state index in [1.165, 1.54) is 30.0 Å². The Morgan fingerprint density at radius 1 is 1.20 bits per heavy atom. The summed E-state index contributed by atoms with van der Waals surface area (Å²) in [7, 11) is -3.74. The van der Waals surface area contributed by atoms with Crippen LogP contribution < -0.4 is 10.5 Å². The summed E-state index contributed by atoms with van der Waals surface area (Å²) in [4.78, 5) is 0.840. The molecule has 0 bridgehead atoms. The van der Waals surface area contributed by atoms with Crippen LogP contribution in [0, 0.1) is 0 Å². The van der Waals surface area contributed by atoms with E-state index in [0.717, 1.165) is 4.90 Å². The summed E-state index contributed by atoms with van der Waals surface area (Å²) in [6, 6.07) is 11.5. The van der Waals surface area contributed by atoms with Crippen LogP contribution in [0.25, 0.3) is 0 Å². The number of sulfonamides is 1. The van der Waals surface area contributed by atoms with Gasteiger partial charge in [-0.1, -0.05) is 23.7 Å². The molecule has 0 saturated carbocycles. The first kappa shape index (κ1) is 15.0. The third kappa shape index (κ3) is 3.20. The van der Waals surface area contributed by atoms with Crippen LogP contribution in [0.2, 0.25) is 5.02 Å². The number of nitrogens with two attached hydrogens (primary N) is 1. The highest BCUT2D eigenvalue weighted by Crippen LogP contribution is 2.29. The van der Waals surface area contributed by atoms with Crippen LogP contribution in [0.15, 0.2) is 52.3 Å². The minimum absolute atomic E-state index is 0.00396. The van der Waals surface area contributed by atoms with Gasteiger partial charge < -0.3 is 5.73 Å². The number of nitrogen functional groups attached to an aromatic ring is 1. The maximum absolute atomic E-state index is 12.4. The summed E-state index contributed by atoms with van der Waals surface area (Å²) in [6.45, 7) is 0. The average molecular weight is 329 g/mol. The number of para-hydroxylation sites is 1. The van der Waals surface area contributed by atoms with Crippen molar-refractivity contribution in [1.29, 1.82) is 0 Å². The quantitative estimate of drug-likeness (QED) is 0.666. The molecule has 0 aliphatic heterocycles. The van der Waals surface area contributed by atoms with Crippen molar-refractivity contribution in [2.75, 3.05) is 16.7 Å². The Hall–Kier alpha value is -1.37. The number of halogens is 1. The van der Waals surface area contributed by atoms with Crippen molar-refractivity contribution in [3.05, 3.63) is 47.5 Å². The Bertz CT molecular complexity index is 733. The highest BCUT2D eigenvalue weighted by atomic mass is 35.5. The zero-order valence-corrected chi connectivity index (χ0v) is 13.0. The zero-order chi connectivity index (χ0) is 14.8. The first-order valence-corrected chi connectivity index (χ1v) is 8.73. The van der Waals surface area contributed by atoms with Gasteiger partial charge in [-0.05, 0) is 36.6 Å². The van der Waals surface area contributed by atoms with E-state index in [1.807, 2.05) is 18.4 Å². The van der Waals surface area contributed by atoms with Gasteiger partial charge in [-0.2, -0.15) is 0 Å². The van der Waals surface area contributed by atoms with Crippen LogP contribution in [-0.2, 0) is 10.0 Å². The molecule has 0 spiro atoms. The molecule has 4 nitrogen and oxygen atoms in total. The standard InChI is InChI=1S/C13H13ClN2O2S2/c1-19-12-5-3-2-4-11(12)16-20(17,18)13-7-6-9(15)8-10(13)14/h2-8,16H,15H2,1H3. The van der Waals surface area contributed by atoms with Crippen LogP contribution in [-0.4, -0.2) is 14.7 Å². The fourth-order valence-corrected chi connectivity index (χ4v) is 3.92. The van der Waals surface area contributed by atoms with Crippen LogP contribution in [0.4, 0.5) is 11.4 Å². The number of thioether (sulfide) groups is 1. The first-order chi connectivity index (χ1) is 9.44. The van der Waals surface area contributed by atoms with E-state index in [9.17, 15) is 8.42 Å². The van der Waals surface area contributed by atoms with Gasteiger partial charge in [-0.3, -0.25) is 4.72 Å². The van der Waals surface area contributed by atoms with Gasteiger partial charge >= 0.3 is 0 Å². The number of anilines is 2. The molecule has 2 aromatic carbocycles. The van der Waals surface area contributed by atoms with Crippen molar-refractivity contribution in [2.45, 2.75) is 9.79 Å². The molecular formula is C13H13ClN2O2S2. The Morgan fingerprint density at radius 2 is 1.90 bits per heavy atom. The van der Waals surface area contributed by atoms with E-state index in [1.54, 1.807) is 12.1 Å². The summed E-state index contributed by atoms with van der Waals surface area (Å²) in [5, 5.41) is 0.0964. The maximum atomic E-state index is 12.4. The van der Waals surface area contributed by atoms with Crippen molar-refractivity contribution in [3.63, 3.8) is 0 Å². The van der Waals surface area contributed by atoms with Gasteiger partial charge in [-0.25, -0.2) is 8.42 Å². The summed E-state index contributed by atoms with van der Waals surface area (Å²) < 4.78 is 27.3. The van der Waals surface area contributed by atoms with Crippen molar-refractivity contribution in [1.82, 2.24) is 0 Å². The highest BCUT2D eigenvalue weighted by molar-refractivity contribution is 7.99. The van der Waals surface area contributed by atoms with Gasteiger partial charge in [0, 0.05) is 10.6 Å². The second-order valence-electron chi connectivity index (χ2n) is 4.00. The highest BCUT2D eigenvalue weighted by Gasteiger charge is 2.19. The van der Waals surface area contributed by atoms with Gasteiger partial charge in [-0.15, -0.1) is 11.8 Å². The van der Waals surface area contributed by atoms with Crippen molar-refractivity contribution in [2.24, 2.45) is 0 Å². The molecule has 7 heteroatoms. The topological polar surface area (TPSA) is 72.2 Å². The molecule has 106 valence electrons. The molecule has 0 atom stereocenters. The summed E-state index contributed by atoms with van der Waals surface area (Å²) in [5.74, 6) is 0. The van der Waals surface area contributed by atoms with Crippen molar-refractivity contribution in [3.8, 4) is 0 Å². The molecular weight excluding hydrogens is 316 g/mol. The van der Waals surface area contributed by atoms with E-state index in [2.05, 4.69) is 4.72 Å². The Kier molecular flexibility index (Phi) is 4.47. The lowest BCUT2D eigenvalue weighted by atomic mass is 10.3. The smallest absolute Gasteiger partial charge is 0.263 e. The number of nitrogens with one attached hydrogen (secondary N) is 1. The summed E-state index contributed by atoms with van der Waals surface area (Å²) in [5.41, 5.74) is 6.50. The SMILES string of the molecule is CSc1ccccc1NS(=O)(=O)c1ccc(N)cc1Cl. The Morgan fingerprint density at radius 3 is 2.55 bits per heavy atom. The van der Waals surface area contributed by atoms with Crippen LogP contribution >= 0.6 is 23.4 Å². The van der Waals surface area contributed by atoms with Gasteiger partial charge in [0.25, 0.3) is 10.0 Å². The third-order valence-electron chi connectivity index (χ3n) is 2.60. The molecule has 0 aromatic heterocycles. The molecule has 0 aliphatic carbocycles. The predicted molar refractivity (Wildman–Crippen MR) is 84.9 cm³/mol. The molecule has 2 rings (SSSR count). The van der Waals surface area contributed by atoms with Crippen molar-refractivity contribution >= 4 is 44.8 Å². The van der Waals surface area contributed by atoms with Crippen LogP contribution in [0.3, 0.4) is 0 Å².